The van der Waals surface area contributed by atoms with E-state index in [0.717, 1.165) is 89.9 Å². The van der Waals surface area contributed by atoms with Gasteiger partial charge in [0.15, 0.2) is 0 Å². The van der Waals surface area contributed by atoms with E-state index in [0.29, 0.717) is 19.4 Å². The lowest BCUT2D eigenvalue weighted by Gasteiger charge is -2.20. The summed E-state index contributed by atoms with van der Waals surface area (Å²) in [5.74, 6) is -0.163. The van der Waals surface area contributed by atoms with Crippen molar-refractivity contribution < 1.29 is 24.5 Å². The molecule has 0 aromatic rings. The summed E-state index contributed by atoms with van der Waals surface area (Å²) in [6, 6.07) is -0.654. The highest BCUT2D eigenvalue weighted by molar-refractivity contribution is 5.76. The normalized spacial score (nSPS) is 13.2. The first-order valence-corrected chi connectivity index (χ1v) is 22.4. The van der Waals surface area contributed by atoms with E-state index in [4.69, 9.17) is 4.74 Å². The maximum absolute atomic E-state index is 12.4. The van der Waals surface area contributed by atoms with E-state index in [-0.39, 0.29) is 18.5 Å². The number of aliphatic hydroxyl groups excluding tert-OH is 2. The number of hydrogen-bond acceptors (Lipinski definition) is 5. The Morgan fingerprint density at radius 1 is 0.528 bits per heavy atom. The van der Waals surface area contributed by atoms with Crippen molar-refractivity contribution >= 4 is 11.9 Å². The summed E-state index contributed by atoms with van der Waals surface area (Å²) in [4.78, 5) is 24.3. The number of amides is 1. The van der Waals surface area contributed by atoms with E-state index in [1.54, 1.807) is 6.08 Å². The Morgan fingerprint density at radius 2 is 0.981 bits per heavy atom. The second kappa shape index (κ2) is 42.6. The zero-order valence-electron chi connectivity index (χ0n) is 34.7. The van der Waals surface area contributed by atoms with Gasteiger partial charge in [-0.3, -0.25) is 9.59 Å². The zero-order valence-corrected chi connectivity index (χ0v) is 34.7. The average Bonchev–Trinajstić information content (AvgIpc) is 3.16. The van der Waals surface area contributed by atoms with Crippen LogP contribution in [-0.2, 0) is 14.3 Å². The number of ether oxygens (including phenoxy) is 1. The maximum Gasteiger partial charge on any atom is 0.305 e. The Morgan fingerprint density at radius 3 is 1.53 bits per heavy atom. The molecule has 0 aliphatic rings. The van der Waals surface area contributed by atoms with Crippen LogP contribution in [0.1, 0.15) is 213 Å². The van der Waals surface area contributed by atoms with Gasteiger partial charge in [0, 0.05) is 12.8 Å². The van der Waals surface area contributed by atoms with Crippen LogP contribution in [0.5, 0.6) is 0 Å². The quantitative estimate of drug-likeness (QED) is 0.0330. The fourth-order valence-electron chi connectivity index (χ4n) is 6.31. The van der Waals surface area contributed by atoms with Crippen molar-refractivity contribution in [1.29, 1.82) is 0 Å². The van der Waals surface area contributed by atoms with E-state index >= 15 is 0 Å². The standard InChI is InChI=1S/C47H85NO5/c1-3-5-7-9-11-13-15-17-19-23-27-31-35-39-45(50)44(43-49)48-46(51)40-36-32-28-24-21-22-26-30-34-38-42-53-47(52)41-37-33-29-25-20-18-16-14-12-10-8-6-4-2/h8,10,14,16,22,26,35,39,44-45,49-50H,3-7,9,11-13,15,17-21,23-25,27-34,36-38,40-43H2,1-2H3,(H,48,51)/b10-8-,16-14-,26-22-,39-35+. The number of carbonyl (C=O) groups excluding carboxylic acids is 2. The fraction of sp³-hybridized carbons (Fsp3) is 0.787. The van der Waals surface area contributed by atoms with Gasteiger partial charge in [0.1, 0.15) is 0 Å². The molecule has 6 heteroatoms. The lowest BCUT2D eigenvalue weighted by Crippen LogP contribution is -2.45. The summed E-state index contributed by atoms with van der Waals surface area (Å²) in [5, 5.41) is 22.9. The van der Waals surface area contributed by atoms with Gasteiger partial charge < -0.3 is 20.3 Å². The molecule has 0 aromatic carbocycles. The molecule has 0 aromatic heterocycles. The molecule has 2 atom stereocenters. The number of nitrogens with one attached hydrogen (secondary N) is 1. The molecule has 0 spiro atoms. The van der Waals surface area contributed by atoms with Gasteiger partial charge in [0.2, 0.25) is 5.91 Å². The molecule has 0 radical (unpaired) electrons. The van der Waals surface area contributed by atoms with Crippen LogP contribution in [0, 0.1) is 0 Å². The summed E-state index contributed by atoms with van der Waals surface area (Å²) in [6.07, 6.45) is 50.9. The van der Waals surface area contributed by atoms with Crippen LogP contribution in [0.3, 0.4) is 0 Å². The van der Waals surface area contributed by atoms with Crippen LogP contribution in [0.25, 0.3) is 0 Å². The molecule has 2 unspecified atom stereocenters. The molecule has 0 heterocycles. The van der Waals surface area contributed by atoms with Gasteiger partial charge in [-0.2, -0.15) is 0 Å². The second-order valence-electron chi connectivity index (χ2n) is 15.0. The number of carbonyl (C=O) groups is 2. The number of esters is 1. The lowest BCUT2D eigenvalue weighted by molar-refractivity contribution is -0.143. The van der Waals surface area contributed by atoms with Crippen LogP contribution in [-0.4, -0.2) is 47.4 Å². The summed E-state index contributed by atoms with van der Waals surface area (Å²) in [6.45, 7) is 4.71. The van der Waals surface area contributed by atoms with Gasteiger partial charge in [-0.25, -0.2) is 0 Å². The summed E-state index contributed by atoms with van der Waals surface area (Å²) in [5.41, 5.74) is 0. The lowest BCUT2D eigenvalue weighted by atomic mass is 10.0. The van der Waals surface area contributed by atoms with Gasteiger partial charge in [0.05, 0.1) is 25.4 Å². The fourth-order valence-corrected chi connectivity index (χ4v) is 6.31. The second-order valence-corrected chi connectivity index (χ2v) is 15.0. The third-order valence-electron chi connectivity index (χ3n) is 9.79. The van der Waals surface area contributed by atoms with Crippen LogP contribution in [0.15, 0.2) is 48.6 Å². The van der Waals surface area contributed by atoms with Gasteiger partial charge in [-0.1, -0.05) is 165 Å². The minimum absolute atomic E-state index is 0.0553. The van der Waals surface area contributed by atoms with Crippen molar-refractivity contribution in [3.8, 4) is 0 Å². The molecular weight excluding hydrogens is 659 g/mol. The Labute approximate surface area is 327 Å². The molecule has 0 fully saturated rings. The number of unbranched alkanes of at least 4 members (excludes halogenated alkanes) is 23. The Kier molecular flexibility index (Phi) is 40.8. The smallest absolute Gasteiger partial charge is 0.305 e. The van der Waals surface area contributed by atoms with Gasteiger partial charge in [-0.05, 0) is 83.5 Å². The van der Waals surface area contributed by atoms with Gasteiger partial charge in [-0.15, -0.1) is 0 Å². The van der Waals surface area contributed by atoms with E-state index in [2.05, 4.69) is 55.6 Å². The molecule has 0 rings (SSSR count). The predicted molar refractivity (Wildman–Crippen MR) is 227 cm³/mol. The first kappa shape index (κ1) is 50.8. The largest absolute Gasteiger partial charge is 0.466 e. The molecule has 0 aliphatic heterocycles. The maximum atomic E-state index is 12.4. The molecular formula is C47H85NO5. The van der Waals surface area contributed by atoms with Gasteiger partial charge in [0.25, 0.3) is 0 Å². The van der Waals surface area contributed by atoms with Crippen molar-refractivity contribution in [3.63, 3.8) is 0 Å². The van der Waals surface area contributed by atoms with Crippen molar-refractivity contribution in [3.05, 3.63) is 48.6 Å². The number of rotatable bonds is 40. The third kappa shape index (κ3) is 39.3. The third-order valence-corrected chi connectivity index (χ3v) is 9.79. The molecule has 1 amide bonds. The predicted octanol–water partition coefficient (Wildman–Crippen LogP) is 12.7. The van der Waals surface area contributed by atoms with Crippen molar-refractivity contribution in [2.75, 3.05) is 13.2 Å². The SMILES string of the molecule is CCC/C=C\C/C=C\CCCCCCCC(=O)OCCCC/C=C\CCCCCCC(=O)NC(CO)C(O)/C=C/CCCCCCCCCCCCC. The molecule has 308 valence electrons. The highest BCUT2D eigenvalue weighted by Gasteiger charge is 2.18. The van der Waals surface area contributed by atoms with E-state index < -0.39 is 12.1 Å². The van der Waals surface area contributed by atoms with E-state index in [1.807, 2.05) is 6.08 Å². The highest BCUT2D eigenvalue weighted by atomic mass is 16.5. The highest BCUT2D eigenvalue weighted by Crippen LogP contribution is 2.13. The Hall–Kier alpha value is -2.18. The zero-order chi connectivity index (χ0) is 38.7. The first-order valence-electron chi connectivity index (χ1n) is 22.4. The number of allylic oxidation sites excluding steroid dienone is 7. The number of aliphatic hydroxyl groups is 2. The van der Waals surface area contributed by atoms with Crippen LogP contribution >= 0.6 is 0 Å². The summed E-state index contributed by atoms with van der Waals surface area (Å²) >= 11 is 0. The molecule has 0 aliphatic carbocycles. The Balaban J connectivity index is 3.61. The Bertz CT molecular complexity index is 911. The summed E-state index contributed by atoms with van der Waals surface area (Å²) < 4.78 is 5.40. The van der Waals surface area contributed by atoms with Gasteiger partial charge >= 0.3 is 5.97 Å². The molecule has 6 nitrogen and oxygen atoms in total. The topological polar surface area (TPSA) is 95.9 Å². The molecule has 0 bridgehead atoms. The van der Waals surface area contributed by atoms with E-state index in [9.17, 15) is 19.8 Å². The van der Waals surface area contributed by atoms with Crippen LogP contribution in [0.4, 0.5) is 0 Å². The molecule has 3 N–H and O–H groups in total. The monoisotopic (exact) mass is 744 g/mol. The first-order chi connectivity index (χ1) is 26.0. The molecule has 0 saturated heterocycles. The van der Waals surface area contributed by atoms with Crippen LogP contribution in [0.2, 0.25) is 0 Å². The van der Waals surface area contributed by atoms with Crippen molar-refractivity contribution in [2.24, 2.45) is 0 Å². The molecule has 53 heavy (non-hydrogen) atoms. The summed E-state index contributed by atoms with van der Waals surface area (Å²) in [7, 11) is 0. The number of hydrogen-bond donors (Lipinski definition) is 3. The minimum Gasteiger partial charge on any atom is -0.466 e. The van der Waals surface area contributed by atoms with Crippen molar-refractivity contribution in [2.45, 2.75) is 225 Å². The molecule has 0 saturated carbocycles. The minimum atomic E-state index is -0.866. The van der Waals surface area contributed by atoms with Crippen LogP contribution < -0.4 is 5.32 Å². The average molecular weight is 744 g/mol. The van der Waals surface area contributed by atoms with Crippen molar-refractivity contribution in [1.82, 2.24) is 5.32 Å². The van der Waals surface area contributed by atoms with E-state index in [1.165, 1.54) is 96.3 Å².